The predicted molar refractivity (Wildman–Crippen MR) is 147 cm³/mol. The van der Waals surface area contributed by atoms with Crippen molar-refractivity contribution in [3.05, 3.63) is 56.5 Å². The second kappa shape index (κ2) is 11.6. The van der Waals surface area contributed by atoms with Gasteiger partial charge in [-0.2, -0.15) is 0 Å². The Morgan fingerprint density at radius 2 is 2.00 bits per heavy atom. The third-order valence-corrected chi connectivity index (χ3v) is 8.23. The van der Waals surface area contributed by atoms with E-state index >= 15 is 0 Å². The fourth-order valence-corrected chi connectivity index (χ4v) is 6.61. The largest absolute Gasteiger partial charge is 0.493 e. The number of amides is 1. The molecule has 1 amide bonds. The Morgan fingerprint density at radius 1 is 1.26 bits per heavy atom. The lowest BCUT2D eigenvalue weighted by Gasteiger charge is -2.39. The van der Waals surface area contributed by atoms with E-state index in [-0.39, 0.29) is 17.4 Å². The average Bonchev–Trinajstić information content (AvgIpc) is 3.13. The molecule has 4 rings (SSSR count). The lowest BCUT2D eigenvalue weighted by molar-refractivity contribution is -0.139. The highest BCUT2D eigenvalue weighted by molar-refractivity contribution is 14.1. The van der Waals surface area contributed by atoms with Crippen LogP contribution in [-0.4, -0.2) is 47.1 Å². The lowest BCUT2D eigenvalue weighted by atomic mass is 9.85. The van der Waals surface area contributed by atoms with Gasteiger partial charge in [-0.3, -0.25) is 4.79 Å². The van der Waals surface area contributed by atoms with E-state index in [1.807, 2.05) is 47.4 Å². The summed E-state index contributed by atoms with van der Waals surface area (Å²) in [7, 11) is 1.51. The normalized spacial score (nSPS) is 23.4. The molecule has 1 saturated heterocycles. The van der Waals surface area contributed by atoms with Gasteiger partial charge in [-0.15, -0.1) is 0 Å². The molecule has 0 bridgehead atoms. The van der Waals surface area contributed by atoms with Crippen molar-refractivity contribution in [2.75, 3.05) is 19.0 Å². The topological polar surface area (TPSA) is 88.1 Å². The Bertz CT molecular complexity index is 1110. The fourth-order valence-electron chi connectivity index (χ4n) is 4.62. The molecule has 35 heavy (non-hydrogen) atoms. The van der Waals surface area contributed by atoms with Crippen molar-refractivity contribution in [1.29, 1.82) is 0 Å². The number of ether oxygens (including phenoxy) is 2. The zero-order chi connectivity index (χ0) is 24.9. The number of carboxylic acids is 1. The molecule has 0 spiro atoms. The summed E-state index contributed by atoms with van der Waals surface area (Å²) in [5.74, 6) is 0.222. The second-order valence-corrected chi connectivity index (χ2v) is 11.0. The number of hydrogen-bond donors (Lipinski definition) is 2. The first kappa shape index (κ1) is 25.7. The van der Waals surface area contributed by atoms with Crippen LogP contribution in [0.4, 0.5) is 5.69 Å². The molecule has 1 unspecified atom stereocenters. The van der Waals surface area contributed by atoms with Crippen LogP contribution in [0.3, 0.4) is 0 Å². The zero-order valence-electron chi connectivity index (χ0n) is 19.7. The van der Waals surface area contributed by atoms with Gasteiger partial charge in [0, 0.05) is 11.7 Å². The highest BCUT2D eigenvalue weighted by atomic mass is 127. The van der Waals surface area contributed by atoms with E-state index in [9.17, 15) is 9.59 Å². The van der Waals surface area contributed by atoms with Crippen LogP contribution in [0, 0.1) is 9.49 Å². The van der Waals surface area contributed by atoms with Gasteiger partial charge in [0.1, 0.15) is 0 Å². The molecule has 1 aliphatic carbocycles. The molecule has 2 N–H and O–H groups in total. The third-order valence-electron chi connectivity index (χ3n) is 6.31. The van der Waals surface area contributed by atoms with Crippen molar-refractivity contribution in [2.24, 2.45) is 5.92 Å². The van der Waals surface area contributed by atoms with Crippen LogP contribution >= 0.6 is 34.4 Å². The van der Waals surface area contributed by atoms with Gasteiger partial charge < -0.3 is 24.8 Å². The number of carbonyl (C=O) groups is 2. The summed E-state index contributed by atoms with van der Waals surface area (Å²) in [6, 6.07) is 13.8. The van der Waals surface area contributed by atoms with E-state index in [0.29, 0.717) is 25.9 Å². The second-order valence-electron chi connectivity index (χ2n) is 8.75. The number of hydrogen-bond acceptors (Lipinski definition) is 6. The smallest absolute Gasteiger partial charge is 0.341 e. The number of aliphatic carboxylic acids is 1. The summed E-state index contributed by atoms with van der Waals surface area (Å²) >= 11 is 3.62. The number of nitrogens with zero attached hydrogens (tertiary/aromatic N) is 1. The number of methoxy groups -OCH3 is 1. The molecule has 2 fully saturated rings. The van der Waals surface area contributed by atoms with Gasteiger partial charge in [-0.1, -0.05) is 49.7 Å². The van der Waals surface area contributed by atoms with Crippen molar-refractivity contribution >= 4 is 58.0 Å². The lowest BCUT2D eigenvalue weighted by Crippen LogP contribution is -2.48. The number of rotatable bonds is 8. The molecule has 0 radical (unpaired) electrons. The van der Waals surface area contributed by atoms with Crippen molar-refractivity contribution in [1.82, 2.24) is 4.90 Å². The van der Waals surface area contributed by atoms with E-state index in [2.05, 4.69) is 34.8 Å². The Hall–Kier alpha value is -2.40. The number of halogens is 1. The Balaban J connectivity index is 1.65. The summed E-state index contributed by atoms with van der Waals surface area (Å²) < 4.78 is 11.6. The monoisotopic (exact) mass is 608 g/mol. The molecule has 2 aliphatic rings. The van der Waals surface area contributed by atoms with Crippen LogP contribution in [0.2, 0.25) is 0 Å². The molecular formula is C26H29IN2O5S. The molecule has 2 aromatic rings. The quantitative estimate of drug-likeness (QED) is 0.296. The van der Waals surface area contributed by atoms with E-state index in [1.165, 1.54) is 25.3 Å². The van der Waals surface area contributed by atoms with Gasteiger partial charge in [0.25, 0.3) is 5.91 Å². The molecule has 1 saturated carbocycles. The minimum absolute atomic E-state index is 0.0300. The standard InChI is InChI=1S/C26H29IN2O5S/c1-16-8-6-7-11-20(16)29-25(32)22(35-26(29)28-18-9-4-3-5-10-18)14-17-12-19(27)24(21(13-17)33-2)34-15-23(30)31/h3-5,9-10,12-14,16,20,26,28H,6-8,11,15H2,1-2H3,(H,30,31)/b22-14-/t16-,20-,26?/m0/s1. The number of carboxylic acid groups (broad SMARTS) is 1. The Labute approximate surface area is 223 Å². The maximum atomic E-state index is 13.7. The Kier molecular flexibility index (Phi) is 8.48. The maximum Gasteiger partial charge on any atom is 0.341 e. The van der Waals surface area contributed by atoms with Crippen LogP contribution in [0.15, 0.2) is 47.4 Å². The zero-order valence-corrected chi connectivity index (χ0v) is 22.7. The minimum atomic E-state index is -1.06. The number of benzene rings is 2. The SMILES string of the molecule is COc1cc(/C=C2\SC(Nc3ccccc3)N([C@H]3CCCC[C@@H]3C)C2=O)cc(I)c1OCC(=O)O. The first-order chi connectivity index (χ1) is 16.9. The van der Waals surface area contributed by atoms with Crippen molar-refractivity contribution in [2.45, 2.75) is 44.1 Å². The fraction of sp³-hybridized carbons (Fsp3) is 0.385. The van der Waals surface area contributed by atoms with Crippen LogP contribution in [0.1, 0.15) is 38.2 Å². The van der Waals surface area contributed by atoms with Gasteiger partial charge in [-0.05, 0) is 77.3 Å². The molecule has 9 heteroatoms. The van der Waals surface area contributed by atoms with Gasteiger partial charge in [0.05, 0.1) is 15.6 Å². The molecule has 7 nitrogen and oxygen atoms in total. The summed E-state index contributed by atoms with van der Waals surface area (Å²) in [6.07, 6.45) is 6.36. The number of carbonyl (C=O) groups excluding carboxylic acids is 1. The van der Waals surface area contributed by atoms with Crippen molar-refractivity contribution < 1.29 is 24.2 Å². The summed E-state index contributed by atoms with van der Waals surface area (Å²) in [6.45, 7) is 1.79. The van der Waals surface area contributed by atoms with Crippen LogP contribution in [-0.2, 0) is 9.59 Å². The van der Waals surface area contributed by atoms with Crippen molar-refractivity contribution in [3.63, 3.8) is 0 Å². The van der Waals surface area contributed by atoms with Crippen LogP contribution < -0.4 is 14.8 Å². The number of para-hydroxylation sites is 1. The van der Waals surface area contributed by atoms with Crippen LogP contribution in [0.5, 0.6) is 11.5 Å². The first-order valence-electron chi connectivity index (χ1n) is 11.6. The number of anilines is 1. The first-order valence-corrected chi connectivity index (χ1v) is 13.6. The molecule has 1 aliphatic heterocycles. The third kappa shape index (κ3) is 6.06. The van der Waals surface area contributed by atoms with E-state index in [0.717, 1.165) is 30.5 Å². The highest BCUT2D eigenvalue weighted by Crippen LogP contribution is 2.43. The van der Waals surface area contributed by atoms with E-state index in [4.69, 9.17) is 14.6 Å². The minimum Gasteiger partial charge on any atom is -0.493 e. The van der Waals surface area contributed by atoms with E-state index < -0.39 is 12.6 Å². The van der Waals surface area contributed by atoms with Gasteiger partial charge in [0.15, 0.2) is 23.6 Å². The predicted octanol–water partition coefficient (Wildman–Crippen LogP) is 5.65. The van der Waals surface area contributed by atoms with Crippen molar-refractivity contribution in [3.8, 4) is 11.5 Å². The highest BCUT2D eigenvalue weighted by Gasteiger charge is 2.42. The molecular weight excluding hydrogens is 579 g/mol. The molecule has 3 atom stereocenters. The van der Waals surface area contributed by atoms with E-state index in [1.54, 1.807) is 6.07 Å². The summed E-state index contributed by atoms with van der Waals surface area (Å²) in [5.41, 5.74) is 1.58. The molecule has 1 heterocycles. The van der Waals surface area contributed by atoms with Crippen LogP contribution in [0.25, 0.3) is 6.08 Å². The summed E-state index contributed by atoms with van der Waals surface area (Å²) in [5, 5.41) is 12.5. The summed E-state index contributed by atoms with van der Waals surface area (Å²) in [4.78, 5) is 27.3. The Morgan fingerprint density at radius 3 is 2.69 bits per heavy atom. The molecule has 186 valence electrons. The van der Waals surface area contributed by atoms with Gasteiger partial charge in [-0.25, -0.2) is 4.79 Å². The average molecular weight is 608 g/mol. The van der Waals surface area contributed by atoms with Gasteiger partial charge >= 0.3 is 5.97 Å². The molecule has 2 aromatic carbocycles. The maximum absolute atomic E-state index is 13.7. The number of thioether (sulfide) groups is 1. The molecule has 0 aromatic heterocycles. The number of nitrogens with one attached hydrogen (secondary N) is 1. The van der Waals surface area contributed by atoms with Gasteiger partial charge in [0.2, 0.25) is 0 Å².